The number of nitrogens with zero attached hydrogens (tertiary/aromatic N) is 2. The lowest BCUT2D eigenvalue weighted by molar-refractivity contribution is -0.0503. The molecule has 242 valence electrons. The molecule has 4 fully saturated rings. The number of ether oxygens (including phenoxy) is 1. The lowest BCUT2D eigenvalue weighted by atomic mass is 9.49. The Morgan fingerprint density at radius 1 is 1.02 bits per heavy atom. The molecule has 5 rings (SSSR count). The first kappa shape index (κ1) is 34.2. The van der Waals surface area contributed by atoms with Crippen molar-refractivity contribution in [2.45, 2.75) is 123 Å². The molecule has 7 nitrogen and oxygen atoms in total. The number of aryl methyl sites for hydroxylation is 1. The van der Waals surface area contributed by atoms with E-state index in [1.54, 1.807) is 11.1 Å². The predicted molar refractivity (Wildman–Crippen MR) is 176 cm³/mol. The molecule has 2 amide bonds. The van der Waals surface area contributed by atoms with Gasteiger partial charge in [-0.25, -0.2) is 4.79 Å². The van der Waals surface area contributed by atoms with Gasteiger partial charge in [0.1, 0.15) is 5.60 Å². The number of carbonyl (C=O) groups excluding carboxylic acids is 2. The van der Waals surface area contributed by atoms with Crippen molar-refractivity contribution in [3.8, 4) is 0 Å². The summed E-state index contributed by atoms with van der Waals surface area (Å²) in [7, 11) is -1.84. The van der Waals surface area contributed by atoms with Gasteiger partial charge in [-0.05, 0) is 126 Å². The zero-order valence-corrected chi connectivity index (χ0v) is 29.7. The highest BCUT2D eigenvalue weighted by Crippen LogP contribution is 2.59. The molecule has 43 heavy (non-hydrogen) atoms. The number of carbonyl (C=O) groups is 2. The summed E-state index contributed by atoms with van der Waals surface area (Å²) in [5.74, 6) is 2.44. The molecular formula is C34H56ClN3O4Si. The van der Waals surface area contributed by atoms with Gasteiger partial charge >= 0.3 is 6.09 Å². The van der Waals surface area contributed by atoms with E-state index in [0.29, 0.717) is 43.1 Å². The van der Waals surface area contributed by atoms with Gasteiger partial charge in [-0.2, -0.15) is 0 Å². The highest BCUT2D eigenvalue weighted by atomic mass is 35.5. The maximum absolute atomic E-state index is 13.3. The number of hydrogen-bond acceptors (Lipinski definition) is 5. The standard InChI is InChI=1S/C34H56ClN3O4Si/c1-32(2,3)42-31(40)38(13-10-14-41-43(7,8)33(4,5)6)12-9-11-27-18-28(29(35)22-36-27)30(39)37-23-34-19-24-15-25(20-34)17-26(16-24)21-34/h18,22,24-26H,9-17,19-21,23H2,1-8H3,(H,37,39). The third-order valence-corrected chi connectivity index (χ3v) is 15.1. The number of halogens is 1. The van der Waals surface area contributed by atoms with Gasteiger partial charge < -0.3 is 19.4 Å². The van der Waals surface area contributed by atoms with Crippen LogP contribution in [0.15, 0.2) is 12.3 Å². The van der Waals surface area contributed by atoms with E-state index in [4.69, 9.17) is 20.8 Å². The lowest BCUT2D eigenvalue weighted by Gasteiger charge is -2.56. The summed E-state index contributed by atoms with van der Waals surface area (Å²) >= 11 is 6.46. The number of pyridine rings is 1. The van der Waals surface area contributed by atoms with Crippen LogP contribution in [0.2, 0.25) is 23.2 Å². The molecule has 1 aromatic heterocycles. The topological polar surface area (TPSA) is 80.8 Å². The van der Waals surface area contributed by atoms with Gasteiger partial charge in [0.15, 0.2) is 8.32 Å². The summed E-state index contributed by atoms with van der Waals surface area (Å²) in [5, 5.41) is 3.78. The van der Waals surface area contributed by atoms with Crippen LogP contribution in [0, 0.1) is 23.2 Å². The molecule has 1 heterocycles. The maximum atomic E-state index is 13.3. The first-order valence-corrected chi connectivity index (χ1v) is 19.8. The summed E-state index contributed by atoms with van der Waals surface area (Å²) in [6.45, 7) is 19.3. The average molecular weight is 634 g/mol. The minimum Gasteiger partial charge on any atom is -0.444 e. The van der Waals surface area contributed by atoms with Crippen LogP contribution in [0.4, 0.5) is 4.79 Å². The number of rotatable bonds is 12. The zero-order chi connectivity index (χ0) is 31.6. The Bertz CT molecular complexity index is 1110. The molecule has 0 unspecified atom stereocenters. The number of hydrogen-bond donors (Lipinski definition) is 1. The van der Waals surface area contributed by atoms with Crippen molar-refractivity contribution >= 4 is 31.9 Å². The van der Waals surface area contributed by atoms with E-state index in [9.17, 15) is 9.59 Å². The first-order valence-electron chi connectivity index (χ1n) is 16.5. The highest BCUT2D eigenvalue weighted by molar-refractivity contribution is 6.74. The maximum Gasteiger partial charge on any atom is 0.410 e. The Morgan fingerprint density at radius 3 is 2.16 bits per heavy atom. The van der Waals surface area contributed by atoms with Gasteiger partial charge in [0.2, 0.25) is 0 Å². The van der Waals surface area contributed by atoms with Crippen molar-refractivity contribution in [2.75, 3.05) is 26.2 Å². The molecule has 0 saturated heterocycles. The number of aromatic nitrogens is 1. The molecule has 1 aromatic rings. The second-order valence-electron chi connectivity index (χ2n) is 16.3. The van der Waals surface area contributed by atoms with Gasteiger partial charge in [-0.15, -0.1) is 0 Å². The van der Waals surface area contributed by atoms with Crippen LogP contribution < -0.4 is 5.32 Å². The second kappa shape index (κ2) is 13.4. The minimum atomic E-state index is -1.84. The van der Waals surface area contributed by atoms with Crippen LogP contribution in [0.3, 0.4) is 0 Å². The van der Waals surface area contributed by atoms with E-state index in [2.05, 4.69) is 44.2 Å². The Kier molecular flexibility index (Phi) is 10.7. The van der Waals surface area contributed by atoms with Gasteiger partial charge in [0.05, 0.1) is 10.6 Å². The molecule has 0 spiro atoms. The number of amides is 2. The van der Waals surface area contributed by atoms with E-state index >= 15 is 0 Å². The van der Waals surface area contributed by atoms with Crippen molar-refractivity contribution < 1.29 is 18.8 Å². The van der Waals surface area contributed by atoms with Crippen molar-refractivity contribution in [1.82, 2.24) is 15.2 Å². The zero-order valence-electron chi connectivity index (χ0n) is 28.0. The quantitative estimate of drug-likeness (QED) is 0.185. The van der Waals surface area contributed by atoms with Gasteiger partial charge in [-0.1, -0.05) is 32.4 Å². The van der Waals surface area contributed by atoms with Crippen LogP contribution in [0.25, 0.3) is 0 Å². The summed E-state index contributed by atoms with van der Waals surface area (Å²) in [6, 6.07) is 1.82. The van der Waals surface area contributed by atoms with Crippen molar-refractivity contribution in [3.05, 3.63) is 28.5 Å². The molecule has 0 radical (unpaired) electrons. The molecule has 0 aromatic carbocycles. The third kappa shape index (κ3) is 9.20. The Hall–Kier alpha value is -1.64. The van der Waals surface area contributed by atoms with Crippen LogP contribution in [0.1, 0.15) is 109 Å². The van der Waals surface area contributed by atoms with E-state index < -0.39 is 13.9 Å². The fourth-order valence-corrected chi connectivity index (χ4v) is 8.81. The molecule has 9 heteroatoms. The Labute approximate surface area is 266 Å². The van der Waals surface area contributed by atoms with Crippen molar-refractivity contribution in [1.29, 1.82) is 0 Å². The minimum absolute atomic E-state index is 0.110. The number of nitrogens with one attached hydrogen (secondary N) is 1. The molecule has 1 N–H and O–H groups in total. The summed E-state index contributed by atoms with van der Waals surface area (Å²) < 4.78 is 12.0. The van der Waals surface area contributed by atoms with Crippen LogP contribution in [-0.2, 0) is 15.6 Å². The molecular weight excluding hydrogens is 578 g/mol. The summed E-state index contributed by atoms with van der Waals surface area (Å²) in [5.41, 5.74) is 0.995. The Morgan fingerprint density at radius 2 is 1.60 bits per heavy atom. The summed E-state index contributed by atoms with van der Waals surface area (Å²) in [6.07, 6.45) is 11.3. The molecule has 4 aliphatic rings. The van der Waals surface area contributed by atoms with E-state index in [1.165, 1.54) is 38.5 Å². The van der Waals surface area contributed by atoms with Crippen LogP contribution >= 0.6 is 11.6 Å². The normalized spacial score (nSPS) is 25.1. The molecule has 4 saturated carbocycles. The monoisotopic (exact) mass is 633 g/mol. The van der Waals surface area contributed by atoms with E-state index in [-0.39, 0.29) is 22.5 Å². The highest BCUT2D eigenvalue weighted by Gasteiger charge is 2.50. The van der Waals surface area contributed by atoms with Crippen molar-refractivity contribution in [2.24, 2.45) is 23.2 Å². The SMILES string of the molecule is CC(C)(C)OC(=O)N(CCCO[Si](C)(C)C(C)(C)C)CCCc1cc(C(=O)NCC23CC4CC(CC(C4)C2)C3)c(Cl)cn1. The first-order chi connectivity index (χ1) is 20.0. The molecule has 4 aliphatic carbocycles. The average Bonchev–Trinajstić information content (AvgIpc) is 2.87. The molecule has 4 bridgehead atoms. The van der Waals surface area contributed by atoms with Crippen LogP contribution in [0.5, 0.6) is 0 Å². The summed E-state index contributed by atoms with van der Waals surface area (Å²) in [4.78, 5) is 32.6. The van der Waals surface area contributed by atoms with Gasteiger partial charge in [0.25, 0.3) is 5.91 Å². The fraction of sp³-hybridized carbons (Fsp3) is 0.794. The predicted octanol–water partition coefficient (Wildman–Crippen LogP) is 8.26. The fourth-order valence-electron chi connectivity index (χ4n) is 7.53. The molecule has 0 aliphatic heterocycles. The largest absolute Gasteiger partial charge is 0.444 e. The van der Waals surface area contributed by atoms with Crippen molar-refractivity contribution in [3.63, 3.8) is 0 Å². The second-order valence-corrected chi connectivity index (χ2v) is 21.5. The lowest BCUT2D eigenvalue weighted by Crippen LogP contribution is -2.51. The van der Waals surface area contributed by atoms with E-state index in [1.807, 2.05) is 26.8 Å². The van der Waals surface area contributed by atoms with Crippen LogP contribution in [-0.4, -0.2) is 62.0 Å². The molecule has 0 atom stereocenters. The smallest absolute Gasteiger partial charge is 0.410 e. The Balaban J connectivity index is 1.30. The van der Waals surface area contributed by atoms with E-state index in [0.717, 1.165) is 36.4 Å². The van der Waals surface area contributed by atoms with Gasteiger partial charge in [-0.3, -0.25) is 9.78 Å². The van der Waals surface area contributed by atoms with Gasteiger partial charge in [0, 0.05) is 38.1 Å². The third-order valence-electron chi connectivity index (χ3n) is 10.3.